The summed E-state index contributed by atoms with van der Waals surface area (Å²) in [6, 6.07) is 14.9. The third kappa shape index (κ3) is 4.29. The van der Waals surface area contributed by atoms with E-state index in [1.54, 1.807) is 25.1 Å². The molecule has 0 aliphatic heterocycles. The molecule has 21 heavy (non-hydrogen) atoms. The van der Waals surface area contributed by atoms with E-state index in [9.17, 15) is 5.11 Å². The van der Waals surface area contributed by atoms with Crippen LogP contribution >= 0.6 is 12.2 Å². The number of aromatic hydroxyl groups is 1. The van der Waals surface area contributed by atoms with Crippen LogP contribution in [-0.4, -0.2) is 15.9 Å². The number of phenolic OH excluding ortho intramolecular Hbond substituents is 1. The molecule has 5 heteroatoms. The molecule has 3 N–H and O–H groups in total. The number of anilines is 1. The number of nitrogens with one attached hydrogen (secondary N) is 2. The van der Waals surface area contributed by atoms with Crippen molar-refractivity contribution in [3.8, 4) is 5.75 Å². The fourth-order valence-electron chi connectivity index (χ4n) is 1.77. The molecule has 0 saturated carbocycles. The Morgan fingerprint density at radius 3 is 2.43 bits per heavy atom. The molecule has 0 aromatic heterocycles. The van der Waals surface area contributed by atoms with Gasteiger partial charge in [0.2, 0.25) is 0 Å². The maximum Gasteiger partial charge on any atom is 0.191 e. The lowest BCUT2D eigenvalue weighted by atomic mass is 10.1. The largest absolute Gasteiger partial charge is 0.507 e. The van der Waals surface area contributed by atoms with Gasteiger partial charge in [0.05, 0.1) is 5.71 Å². The van der Waals surface area contributed by atoms with Crippen molar-refractivity contribution in [2.24, 2.45) is 5.10 Å². The summed E-state index contributed by atoms with van der Waals surface area (Å²) in [5.41, 5.74) is 6.18. The average molecular weight is 299 g/mol. The molecular weight excluding hydrogens is 282 g/mol. The quantitative estimate of drug-likeness (QED) is 0.462. The highest BCUT2D eigenvalue weighted by Gasteiger charge is 2.03. The monoisotopic (exact) mass is 299 g/mol. The lowest BCUT2D eigenvalue weighted by molar-refractivity contribution is 0.474. The van der Waals surface area contributed by atoms with E-state index >= 15 is 0 Å². The van der Waals surface area contributed by atoms with Crippen LogP contribution in [0.25, 0.3) is 0 Å². The number of thiocarbonyl (C=S) groups is 1. The molecule has 0 heterocycles. The second-order valence-electron chi connectivity index (χ2n) is 4.65. The smallest absolute Gasteiger partial charge is 0.191 e. The van der Waals surface area contributed by atoms with Crippen LogP contribution in [0.1, 0.15) is 18.1 Å². The molecular formula is C16H17N3OS. The Morgan fingerprint density at radius 1 is 1.10 bits per heavy atom. The Morgan fingerprint density at radius 2 is 1.76 bits per heavy atom. The molecule has 0 aliphatic carbocycles. The summed E-state index contributed by atoms with van der Waals surface area (Å²) in [6.07, 6.45) is 0. The summed E-state index contributed by atoms with van der Waals surface area (Å²) in [5, 5.41) is 17.4. The Balaban J connectivity index is 1.98. The van der Waals surface area contributed by atoms with Gasteiger partial charge in [-0.05, 0) is 50.3 Å². The minimum Gasteiger partial charge on any atom is -0.507 e. The van der Waals surface area contributed by atoms with Gasteiger partial charge in [0.1, 0.15) is 5.75 Å². The number of phenols is 1. The molecule has 0 spiro atoms. The van der Waals surface area contributed by atoms with E-state index in [1.165, 1.54) is 5.56 Å². The van der Waals surface area contributed by atoms with Crippen molar-refractivity contribution < 1.29 is 5.11 Å². The third-order valence-corrected chi connectivity index (χ3v) is 3.12. The van der Waals surface area contributed by atoms with Crippen LogP contribution in [0.5, 0.6) is 5.75 Å². The zero-order chi connectivity index (χ0) is 15.2. The van der Waals surface area contributed by atoms with Gasteiger partial charge in [0, 0.05) is 11.3 Å². The van der Waals surface area contributed by atoms with Crippen molar-refractivity contribution in [1.82, 2.24) is 5.43 Å². The second kappa shape index (κ2) is 6.85. The maximum absolute atomic E-state index is 9.75. The Kier molecular flexibility index (Phi) is 4.90. The SMILES string of the molecule is C/C(=N/NC(=S)Nc1ccc(C)cc1)c1ccccc1O. The molecule has 4 nitrogen and oxygen atoms in total. The van der Waals surface area contributed by atoms with E-state index in [1.807, 2.05) is 37.3 Å². The predicted octanol–water partition coefficient (Wildman–Crippen LogP) is 3.41. The van der Waals surface area contributed by atoms with Gasteiger partial charge in [0.25, 0.3) is 0 Å². The summed E-state index contributed by atoms with van der Waals surface area (Å²) in [6.45, 7) is 3.83. The molecule has 2 aromatic carbocycles. The molecule has 108 valence electrons. The number of rotatable bonds is 3. The van der Waals surface area contributed by atoms with Crippen LogP contribution < -0.4 is 10.7 Å². The molecule has 0 amide bonds. The topological polar surface area (TPSA) is 56.7 Å². The standard InChI is InChI=1S/C16H17N3OS/c1-11-7-9-13(10-8-11)17-16(21)19-18-12(2)14-5-3-4-6-15(14)20/h3-10,20H,1-2H3,(H2,17,19,21)/b18-12-. The molecule has 0 radical (unpaired) electrons. The van der Waals surface area contributed by atoms with Crippen molar-refractivity contribution in [3.63, 3.8) is 0 Å². The molecule has 2 aromatic rings. The highest BCUT2D eigenvalue weighted by Crippen LogP contribution is 2.16. The molecule has 0 aliphatic rings. The highest BCUT2D eigenvalue weighted by molar-refractivity contribution is 7.80. The van der Waals surface area contributed by atoms with Crippen LogP contribution in [0.4, 0.5) is 5.69 Å². The van der Waals surface area contributed by atoms with Gasteiger partial charge in [-0.3, -0.25) is 5.43 Å². The van der Waals surface area contributed by atoms with E-state index < -0.39 is 0 Å². The van der Waals surface area contributed by atoms with Crippen molar-refractivity contribution in [2.45, 2.75) is 13.8 Å². The average Bonchev–Trinajstić information content (AvgIpc) is 2.48. The number of nitrogens with zero attached hydrogens (tertiary/aromatic N) is 1. The first-order valence-electron chi connectivity index (χ1n) is 6.52. The number of para-hydroxylation sites is 1. The van der Waals surface area contributed by atoms with Crippen LogP contribution in [0, 0.1) is 6.92 Å². The molecule has 0 unspecified atom stereocenters. The van der Waals surface area contributed by atoms with Gasteiger partial charge in [-0.2, -0.15) is 5.10 Å². The van der Waals surface area contributed by atoms with Gasteiger partial charge < -0.3 is 10.4 Å². The van der Waals surface area contributed by atoms with E-state index in [2.05, 4.69) is 15.8 Å². The number of benzene rings is 2. The Labute approximate surface area is 129 Å². The van der Waals surface area contributed by atoms with Crippen LogP contribution in [0.2, 0.25) is 0 Å². The van der Waals surface area contributed by atoms with Gasteiger partial charge in [-0.25, -0.2) is 0 Å². The van der Waals surface area contributed by atoms with Crippen molar-refractivity contribution in [2.75, 3.05) is 5.32 Å². The van der Waals surface area contributed by atoms with E-state index in [0.29, 0.717) is 16.4 Å². The van der Waals surface area contributed by atoms with E-state index in [4.69, 9.17) is 12.2 Å². The first-order chi connectivity index (χ1) is 10.1. The zero-order valence-electron chi connectivity index (χ0n) is 11.9. The molecule has 0 atom stereocenters. The fourth-order valence-corrected chi connectivity index (χ4v) is 1.93. The normalized spacial score (nSPS) is 11.0. The van der Waals surface area contributed by atoms with Crippen LogP contribution in [-0.2, 0) is 0 Å². The van der Waals surface area contributed by atoms with Gasteiger partial charge in [0.15, 0.2) is 5.11 Å². The zero-order valence-corrected chi connectivity index (χ0v) is 12.7. The first kappa shape index (κ1) is 15.0. The summed E-state index contributed by atoms with van der Waals surface area (Å²) in [4.78, 5) is 0. The summed E-state index contributed by atoms with van der Waals surface area (Å²) < 4.78 is 0. The highest BCUT2D eigenvalue weighted by atomic mass is 32.1. The lowest BCUT2D eigenvalue weighted by Gasteiger charge is -2.09. The third-order valence-electron chi connectivity index (χ3n) is 2.93. The molecule has 0 bridgehead atoms. The van der Waals surface area contributed by atoms with Crippen LogP contribution in [0.15, 0.2) is 53.6 Å². The van der Waals surface area contributed by atoms with E-state index in [0.717, 1.165) is 5.69 Å². The summed E-state index contributed by atoms with van der Waals surface area (Å²) in [5.74, 6) is 0.193. The van der Waals surface area contributed by atoms with E-state index in [-0.39, 0.29) is 5.75 Å². The van der Waals surface area contributed by atoms with Crippen molar-refractivity contribution in [3.05, 3.63) is 59.7 Å². The number of aryl methyl sites for hydroxylation is 1. The molecule has 2 rings (SSSR count). The molecule has 0 fully saturated rings. The van der Waals surface area contributed by atoms with Gasteiger partial charge in [-0.1, -0.05) is 29.8 Å². The minimum absolute atomic E-state index is 0.193. The Bertz CT molecular complexity index is 665. The number of hydrogen-bond acceptors (Lipinski definition) is 3. The number of hydrazone groups is 1. The predicted molar refractivity (Wildman–Crippen MR) is 90.9 cm³/mol. The maximum atomic E-state index is 9.75. The first-order valence-corrected chi connectivity index (χ1v) is 6.93. The van der Waals surface area contributed by atoms with Crippen molar-refractivity contribution in [1.29, 1.82) is 0 Å². The van der Waals surface area contributed by atoms with Crippen LogP contribution in [0.3, 0.4) is 0 Å². The fraction of sp³-hybridized carbons (Fsp3) is 0.125. The number of hydrogen-bond donors (Lipinski definition) is 3. The molecule has 0 saturated heterocycles. The van der Waals surface area contributed by atoms with Gasteiger partial charge >= 0.3 is 0 Å². The summed E-state index contributed by atoms with van der Waals surface area (Å²) >= 11 is 5.18. The minimum atomic E-state index is 0.193. The lowest BCUT2D eigenvalue weighted by Crippen LogP contribution is -2.24. The second-order valence-corrected chi connectivity index (χ2v) is 5.05. The van der Waals surface area contributed by atoms with Crippen molar-refractivity contribution >= 4 is 28.7 Å². The summed E-state index contributed by atoms with van der Waals surface area (Å²) in [7, 11) is 0. The van der Waals surface area contributed by atoms with Gasteiger partial charge in [-0.15, -0.1) is 0 Å². The Hall–Kier alpha value is -2.40.